The van der Waals surface area contributed by atoms with Gasteiger partial charge in [0.15, 0.2) is 0 Å². The molecule has 19 heavy (non-hydrogen) atoms. The highest BCUT2D eigenvalue weighted by Gasteiger charge is 2.23. The molecule has 1 N–H and O–H groups in total. The van der Waals surface area contributed by atoms with Crippen molar-refractivity contribution in [3.8, 4) is 0 Å². The summed E-state index contributed by atoms with van der Waals surface area (Å²) < 4.78 is 1.13. The smallest absolute Gasteiger partial charge is 0.254 e. The van der Waals surface area contributed by atoms with Gasteiger partial charge in [-0.15, -0.1) is 12.4 Å². The second-order valence-corrected chi connectivity index (χ2v) is 6.25. The average Bonchev–Trinajstić information content (AvgIpc) is 2.33. The van der Waals surface area contributed by atoms with Crippen molar-refractivity contribution in [1.29, 1.82) is 0 Å². The molecule has 1 aliphatic heterocycles. The topological polar surface area (TPSA) is 32.3 Å². The van der Waals surface area contributed by atoms with Crippen LogP contribution in [0.5, 0.6) is 0 Å². The zero-order valence-electron chi connectivity index (χ0n) is 11.5. The molecule has 2 rings (SSSR count). The molecule has 0 bridgehead atoms. The van der Waals surface area contributed by atoms with Gasteiger partial charge in [-0.25, -0.2) is 0 Å². The van der Waals surface area contributed by atoms with Gasteiger partial charge in [0.25, 0.3) is 5.91 Å². The van der Waals surface area contributed by atoms with Gasteiger partial charge in [-0.1, -0.05) is 0 Å². The number of hydrogen-bond acceptors (Lipinski definition) is 2. The molecule has 5 heteroatoms. The van der Waals surface area contributed by atoms with Gasteiger partial charge in [0, 0.05) is 34.8 Å². The monoisotopic (exact) mass is 394 g/mol. The number of rotatable bonds is 1. The molecule has 1 aliphatic rings. The third kappa shape index (κ3) is 3.83. The van der Waals surface area contributed by atoms with Crippen molar-refractivity contribution in [2.75, 3.05) is 19.6 Å². The van der Waals surface area contributed by atoms with Crippen molar-refractivity contribution in [2.45, 2.75) is 26.8 Å². The van der Waals surface area contributed by atoms with Crippen LogP contribution in [-0.2, 0) is 0 Å². The Kier molecular flexibility index (Phi) is 6.08. The predicted octanol–water partition coefficient (Wildman–Crippen LogP) is 2.76. The van der Waals surface area contributed by atoms with Crippen LogP contribution >= 0.6 is 35.0 Å². The second-order valence-electron chi connectivity index (χ2n) is 5.00. The van der Waals surface area contributed by atoms with Crippen molar-refractivity contribution in [1.82, 2.24) is 10.2 Å². The zero-order chi connectivity index (χ0) is 13.3. The van der Waals surface area contributed by atoms with Crippen molar-refractivity contribution in [3.63, 3.8) is 0 Å². The molecule has 1 amide bonds. The van der Waals surface area contributed by atoms with Crippen LogP contribution in [0.1, 0.15) is 28.4 Å². The Balaban J connectivity index is 0.00000180. The largest absolute Gasteiger partial charge is 0.336 e. The van der Waals surface area contributed by atoms with Gasteiger partial charge >= 0.3 is 0 Å². The minimum absolute atomic E-state index is 0. The highest BCUT2D eigenvalue weighted by atomic mass is 127. The summed E-state index contributed by atoms with van der Waals surface area (Å²) in [4.78, 5) is 14.5. The maximum absolute atomic E-state index is 12.6. The lowest BCUT2D eigenvalue weighted by atomic mass is 10.0. The van der Waals surface area contributed by atoms with Crippen LogP contribution in [0.25, 0.3) is 0 Å². The number of nitrogens with zero attached hydrogens (tertiary/aromatic N) is 1. The molecular weight excluding hydrogens is 375 g/mol. The number of benzene rings is 1. The van der Waals surface area contributed by atoms with Crippen LogP contribution < -0.4 is 5.32 Å². The van der Waals surface area contributed by atoms with Crippen LogP contribution in [0.3, 0.4) is 0 Å². The molecule has 1 heterocycles. The fourth-order valence-corrected chi connectivity index (χ4v) is 3.10. The van der Waals surface area contributed by atoms with Crippen LogP contribution in [-0.4, -0.2) is 36.5 Å². The van der Waals surface area contributed by atoms with Gasteiger partial charge in [-0.3, -0.25) is 4.79 Å². The third-order valence-electron chi connectivity index (χ3n) is 3.52. The Morgan fingerprint density at radius 1 is 1.42 bits per heavy atom. The summed E-state index contributed by atoms with van der Waals surface area (Å²) in [7, 11) is 0. The van der Waals surface area contributed by atoms with E-state index in [4.69, 9.17) is 0 Å². The van der Waals surface area contributed by atoms with Gasteiger partial charge in [-0.2, -0.15) is 0 Å². The van der Waals surface area contributed by atoms with Crippen LogP contribution in [0.15, 0.2) is 12.1 Å². The number of carbonyl (C=O) groups is 1. The van der Waals surface area contributed by atoms with Gasteiger partial charge in [-0.05, 0) is 66.6 Å². The summed E-state index contributed by atoms with van der Waals surface area (Å²) in [5.41, 5.74) is 3.15. The molecule has 0 spiro atoms. The summed E-state index contributed by atoms with van der Waals surface area (Å²) in [6.45, 7) is 8.69. The summed E-state index contributed by atoms with van der Waals surface area (Å²) in [6.07, 6.45) is 0. The molecule has 1 saturated heterocycles. The number of carbonyl (C=O) groups excluding carboxylic acids is 1. The summed E-state index contributed by atoms with van der Waals surface area (Å²) in [6, 6.07) is 4.50. The third-order valence-corrected chi connectivity index (χ3v) is 4.14. The van der Waals surface area contributed by atoms with Crippen molar-refractivity contribution >= 4 is 40.9 Å². The molecule has 106 valence electrons. The highest BCUT2D eigenvalue weighted by molar-refractivity contribution is 14.1. The molecular formula is C14H20ClIN2O. The normalized spacial score (nSPS) is 18.9. The minimum atomic E-state index is 0. The fraction of sp³-hybridized carbons (Fsp3) is 0.500. The van der Waals surface area contributed by atoms with E-state index in [1.807, 2.05) is 17.9 Å². The zero-order valence-corrected chi connectivity index (χ0v) is 14.5. The lowest BCUT2D eigenvalue weighted by Crippen LogP contribution is -2.51. The van der Waals surface area contributed by atoms with Crippen molar-refractivity contribution in [2.24, 2.45) is 0 Å². The van der Waals surface area contributed by atoms with E-state index in [2.05, 4.69) is 47.8 Å². The van der Waals surface area contributed by atoms with E-state index in [0.717, 1.165) is 34.3 Å². The van der Waals surface area contributed by atoms with Gasteiger partial charge in [0.2, 0.25) is 0 Å². The first-order valence-corrected chi connectivity index (χ1v) is 7.36. The molecule has 0 aromatic heterocycles. The van der Waals surface area contributed by atoms with E-state index in [1.54, 1.807) is 0 Å². The van der Waals surface area contributed by atoms with Crippen molar-refractivity contribution in [3.05, 3.63) is 32.4 Å². The van der Waals surface area contributed by atoms with Gasteiger partial charge in [0.1, 0.15) is 0 Å². The minimum Gasteiger partial charge on any atom is -0.336 e. The Labute approximate surface area is 134 Å². The molecule has 0 saturated carbocycles. The van der Waals surface area contributed by atoms with E-state index in [9.17, 15) is 4.79 Å². The average molecular weight is 395 g/mol. The second kappa shape index (κ2) is 6.90. The summed E-state index contributed by atoms with van der Waals surface area (Å²) in [5.74, 6) is 0.169. The van der Waals surface area contributed by atoms with E-state index >= 15 is 0 Å². The number of nitrogens with one attached hydrogen (secondary N) is 1. The Morgan fingerprint density at radius 3 is 2.74 bits per heavy atom. The number of halogens is 2. The molecule has 3 nitrogen and oxygen atoms in total. The van der Waals surface area contributed by atoms with Crippen molar-refractivity contribution < 1.29 is 4.79 Å². The van der Waals surface area contributed by atoms with E-state index < -0.39 is 0 Å². The maximum Gasteiger partial charge on any atom is 0.254 e. The predicted molar refractivity (Wildman–Crippen MR) is 89.2 cm³/mol. The molecule has 1 fully saturated rings. The van der Waals surface area contributed by atoms with E-state index in [-0.39, 0.29) is 18.3 Å². The Morgan fingerprint density at radius 2 is 2.11 bits per heavy atom. The number of aryl methyl sites for hydroxylation is 1. The molecule has 0 aliphatic carbocycles. The quantitative estimate of drug-likeness (QED) is 0.743. The lowest BCUT2D eigenvalue weighted by molar-refractivity contribution is 0.0708. The van der Waals surface area contributed by atoms with Crippen LogP contribution in [0.2, 0.25) is 0 Å². The van der Waals surface area contributed by atoms with Gasteiger partial charge < -0.3 is 10.2 Å². The van der Waals surface area contributed by atoms with Gasteiger partial charge in [0.05, 0.1) is 0 Å². The number of hydrogen-bond donors (Lipinski definition) is 1. The van der Waals surface area contributed by atoms with Crippen LogP contribution in [0.4, 0.5) is 0 Å². The van der Waals surface area contributed by atoms with Crippen LogP contribution in [0, 0.1) is 17.4 Å². The first-order chi connectivity index (χ1) is 8.49. The van der Waals surface area contributed by atoms with E-state index in [0.29, 0.717) is 6.04 Å². The lowest BCUT2D eigenvalue weighted by Gasteiger charge is -2.32. The summed E-state index contributed by atoms with van der Waals surface area (Å²) in [5, 5.41) is 3.36. The SMILES string of the molecule is Cc1cc(I)cc(C(=O)N2CCN[C@H](C)C2)c1C.Cl. The number of piperazine rings is 1. The number of amides is 1. The maximum atomic E-state index is 12.6. The molecule has 1 aromatic carbocycles. The Hall–Kier alpha value is -0.330. The first-order valence-electron chi connectivity index (χ1n) is 6.28. The molecule has 1 aromatic rings. The molecule has 0 radical (unpaired) electrons. The Bertz CT molecular complexity index is 479. The highest BCUT2D eigenvalue weighted by Crippen LogP contribution is 2.20. The fourth-order valence-electron chi connectivity index (χ4n) is 2.32. The van der Waals surface area contributed by atoms with E-state index in [1.165, 1.54) is 5.56 Å². The molecule has 1 atom stereocenters. The standard InChI is InChI=1S/C14H19IN2O.ClH/c1-9-6-12(15)7-13(11(9)3)14(18)17-5-4-16-10(2)8-17;/h6-7,10,16H,4-5,8H2,1-3H3;1H/t10-;/m1./s1. The summed E-state index contributed by atoms with van der Waals surface area (Å²) >= 11 is 2.27. The first kappa shape index (κ1) is 16.7. The molecule has 0 unspecified atom stereocenters.